The van der Waals surface area contributed by atoms with Crippen LogP contribution in [-0.2, 0) is 15.8 Å². The molecule has 0 unspecified atom stereocenters. The maximum atomic E-state index is 13.0. The zero-order chi connectivity index (χ0) is 26.6. The van der Waals surface area contributed by atoms with E-state index in [0.29, 0.717) is 46.4 Å². The molecule has 8 nitrogen and oxygen atoms in total. The quantitative estimate of drug-likeness (QED) is 0.442. The molecule has 192 valence electrons. The first-order valence-electron chi connectivity index (χ1n) is 10.3. The van der Waals surface area contributed by atoms with Crippen molar-refractivity contribution in [3.05, 3.63) is 51.4 Å². The van der Waals surface area contributed by atoms with E-state index in [1.165, 1.54) is 26.4 Å². The summed E-state index contributed by atoms with van der Waals surface area (Å²) in [5, 5.41) is 1.77. The van der Waals surface area contributed by atoms with Gasteiger partial charge in [-0.15, -0.1) is 0 Å². The maximum Gasteiger partial charge on any atom is 0.416 e. The first kappa shape index (κ1) is 27.2. The Balaban J connectivity index is 1.79. The van der Waals surface area contributed by atoms with E-state index < -0.39 is 35.3 Å². The lowest BCUT2D eigenvalue weighted by atomic mass is 10.1. The van der Waals surface area contributed by atoms with Crippen LogP contribution in [0.25, 0.3) is 6.08 Å². The Labute approximate surface area is 213 Å². The molecule has 1 N–H and O–H groups in total. The second kappa shape index (κ2) is 11.1. The number of hydrogen-bond donors (Lipinski definition) is 1. The number of methoxy groups -OCH3 is 2. The van der Waals surface area contributed by atoms with Crippen molar-refractivity contribution in [1.29, 1.82) is 0 Å². The van der Waals surface area contributed by atoms with Crippen LogP contribution in [0.2, 0.25) is 5.02 Å². The first-order valence-corrected chi connectivity index (χ1v) is 11.5. The fourth-order valence-corrected chi connectivity index (χ4v) is 4.37. The van der Waals surface area contributed by atoms with E-state index in [-0.39, 0.29) is 21.4 Å². The zero-order valence-electron chi connectivity index (χ0n) is 19.2. The third-order valence-corrected chi connectivity index (χ3v) is 6.00. The van der Waals surface area contributed by atoms with Gasteiger partial charge in [-0.2, -0.15) is 13.2 Å². The van der Waals surface area contributed by atoms with E-state index in [9.17, 15) is 27.6 Å². The predicted octanol–water partition coefficient (Wildman–Crippen LogP) is 5.45. The Morgan fingerprint density at radius 2 is 1.86 bits per heavy atom. The minimum Gasteiger partial charge on any atom is -0.495 e. The van der Waals surface area contributed by atoms with Crippen LogP contribution in [0.4, 0.5) is 23.7 Å². The molecule has 1 aliphatic heterocycles. The van der Waals surface area contributed by atoms with Crippen LogP contribution < -0.4 is 19.5 Å². The van der Waals surface area contributed by atoms with Gasteiger partial charge in [0.2, 0.25) is 5.91 Å². The van der Waals surface area contributed by atoms with Crippen molar-refractivity contribution in [1.82, 2.24) is 4.90 Å². The van der Waals surface area contributed by atoms with Gasteiger partial charge in [-0.3, -0.25) is 19.3 Å². The topological polar surface area (TPSA) is 94.2 Å². The average molecular weight is 545 g/mol. The Kier molecular flexibility index (Phi) is 8.41. The van der Waals surface area contributed by atoms with Crippen molar-refractivity contribution in [2.24, 2.45) is 0 Å². The fourth-order valence-electron chi connectivity index (χ4n) is 3.24. The molecule has 3 amide bonds. The van der Waals surface area contributed by atoms with Crippen LogP contribution >= 0.6 is 23.4 Å². The van der Waals surface area contributed by atoms with E-state index in [0.717, 1.165) is 12.1 Å². The van der Waals surface area contributed by atoms with Crippen LogP contribution in [0, 0.1) is 0 Å². The lowest BCUT2D eigenvalue weighted by Crippen LogP contribution is -2.36. The van der Waals surface area contributed by atoms with Crippen LogP contribution in [0.1, 0.15) is 18.1 Å². The van der Waals surface area contributed by atoms with Gasteiger partial charge in [-0.25, -0.2) is 0 Å². The highest BCUT2D eigenvalue weighted by molar-refractivity contribution is 8.18. The Bertz CT molecular complexity index is 1240. The number of ether oxygens (including phenoxy) is 3. The summed E-state index contributed by atoms with van der Waals surface area (Å²) in [4.78, 5) is 38.4. The highest BCUT2D eigenvalue weighted by Gasteiger charge is 2.37. The van der Waals surface area contributed by atoms with Gasteiger partial charge in [0.25, 0.3) is 11.1 Å². The molecule has 0 spiro atoms. The largest absolute Gasteiger partial charge is 0.495 e. The van der Waals surface area contributed by atoms with Gasteiger partial charge in [0.1, 0.15) is 12.3 Å². The molecular weight excluding hydrogens is 525 g/mol. The van der Waals surface area contributed by atoms with Crippen molar-refractivity contribution in [3.8, 4) is 17.2 Å². The number of imide groups is 1. The zero-order valence-corrected chi connectivity index (χ0v) is 20.8. The van der Waals surface area contributed by atoms with E-state index in [2.05, 4.69) is 5.32 Å². The lowest BCUT2D eigenvalue weighted by molar-refractivity contribution is -0.137. The van der Waals surface area contributed by atoms with Gasteiger partial charge < -0.3 is 19.5 Å². The molecule has 2 aromatic rings. The summed E-state index contributed by atoms with van der Waals surface area (Å²) in [6.45, 7) is 1.39. The van der Waals surface area contributed by atoms with Gasteiger partial charge in [-0.05, 0) is 60.7 Å². The summed E-state index contributed by atoms with van der Waals surface area (Å²) in [5.74, 6) is -1.01. The van der Waals surface area contributed by atoms with E-state index >= 15 is 0 Å². The minimum absolute atomic E-state index is 0.0214. The number of nitrogens with zero attached hydrogens (tertiary/aromatic N) is 1. The SMILES string of the molecule is CCOc1cc(/C=C2\SC(=O)N(CC(=O)Nc3cc(C(F)(F)F)ccc3OC)C2=O)cc(Cl)c1OC. The van der Waals surface area contributed by atoms with Crippen LogP contribution in [-0.4, -0.2) is 49.3 Å². The summed E-state index contributed by atoms with van der Waals surface area (Å²) in [7, 11) is 2.65. The molecule has 0 atom stereocenters. The summed E-state index contributed by atoms with van der Waals surface area (Å²) in [6.07, 6.45) is -3.23. The van der Waals surface area contributed by atoms with Crippen LogP contribution in [0.5, 0.6) is 17.2 Å². The summed E-state index contributed by atoms with van der Waals surface area (Å²) >= 11 is 6.83. The highest BCUT2D eigenvalue weighted by atomic mass is 35.5. The number of alkyl halides is 3. The molecular formula is C23H20ClF3N2O6S. The van der Waals surface area contributed by atoms with Gasteiger partial charge in [-0.1, -0.05) is 11.6 Å². The minimum atomic E-state index is -4.64. The molecule has 1 heterocycles. The molecule has 2 aromatic carbocycles. The summed E-state index contributed by atoms with van der Waals surface area (Å²) < 4.78 is 54.8. The van der Waals surface area contributed by atoms with Crippen molar-refractivity contribution < 1.29 is 41.8 Å². The van der Waals surface area contributed by atoms with Crippen LogP contribution in [0.3, 0.4) is 0 Å². The molecule has 0 saturated carbocycles. The lowest BCUT2D eigenvalue weighted by Gasteiger charge is -2.16. The number of anilines is 1. The van der Waals surface area contributed by atoms with E-state index in [1.807, 2.05) is 0 Å². The van der Waals surface area contributed by atoms with E-state index in [4.69, 9.17) is 25.8 Å². The normalized spacial score (nSPS) is 14.9. The number of amides is 3. The molecule has 1 saturated heterocycles. The number of nitrogens with one attached hydrogen (secondary N) is 1. The number of hydrogen-bond acceptors (Lipinski definition) is 7. The monoisotopic (exact) mass is 544 g/mol. The standard InChI is InChI=1S/C23H20ClF3N2O6S/c1-4-35-17-8-12(7-14(24)20(17)34-3)9-18-21(31)29(22(32)36-18)11-19(30)28-15-10-13(23(25,26)27)5-6-16(15)33-2/h5-10H,4,11H2,1-3H3,(H,28,30)/b18-9-. The molecule has 0 radical (unpaired) electrons. The average Bonchev–Trinajstić information content (AvgIpc) is 3.05. The summed E-state index contributed by atoms with van der Waals surface area (Å²) in [6, 6.07) is 5.65. The Hall–Kier alpha value is -3.38. The molecule has 13 heteroatoms. The second-order valence-electron chi connectivity index (χ2n) is 7.20. The third-order valence-electron chi connectivity index (χ3n) is 4.81. The first-order chi connectivity index (χ1) is 17.0. The van der Waals surface area contributed by atoms with Crippen molar-refractivity contribution in [3.63, 3.8) is 0 Å². The fraction of sp³-hybridized carbons (Fsp3) is 0.261. The molecule has 0 aliphatic carbocycles. The van der Waals surface area contributed by atoms with Crippen molar-refractivity contribution >= 4 is 52.2 Å². The number of carbonyl (C=O) groups is 3. The van der Waals surface area contributed by atoms with E-state index in [1.54, 1.807) is 13.0 Å². The van der Waals surface area contributed by atoms with Gasteiger partial charge in [0.15, 0.2) is 11.5 Å². The number of rotatable bonds is 8. The number of benzene rings is 2. The molecule has 3 rings (SSSR count). The second-order valence-corrected chi connectivity index (χ2v) is 8.60. The van der Waals surface area contributed by atoms with Gasteiger partial charge in [0, 0.05) is 0 Å². The Morgan fingerprint density at radius 3 is 2.47 bits per heavy atom. The number of thioether (sulfide) groups is 1. The maximum absolute atomic E-state index is 13.0. The smallest absolute Gasteiger partial charge is 0.416 e. The predicted molar refractivity (Wildman–Crippen MR) is 128 cm³/mol. The van der Waals surface area contributed by atoms with Crippen LogP contribution in [0.15, 0.2) is 35.2 Å². The summed E-state index contributed by atoms with van der Waals surface area (Å²) in [5.41, 5.74) is -0.804. The van der Waals surface area contributed by atoms with Gasteiger partial charge >= 0.3 is 6.18 Å². The van der Waals surface area contributed by atoms with Crippen molar-refractivity contribution in [2.75, 3.05) is 32.7 Å². The highest BCUT2D eigenvalue weighted by Crippen LogP contribution is 2.39. The molecule has 0 aromatic heterocycles. The van der Waals surface area contributed by atoms with Gasteiger partial charge in [0.05, 0.1) is 42.0 Å². The Morgan fingerprint density at radius 1 is 1.14 bits per heavy atom. The molecule has 0 bridgehead atoms. The number of carbonyl (C=O) groups excluding carboxylic acids is 3. The molecule has 1 aliphatic rings. The van der Waals surface area contributed by atoms with Crippen molar-refractivity contribution in [2.45, 2.75) is 13.1 Å². The molecule has 36 heavy (non-hydrogen) atoms. The number of halogens is 4. The third kappa shape index (κ3) is 6.05. The molecule has 1 fully saturated rings.